The summed E-state index contributed by atoms with van der Waals surface area (Å²) >= 11 is 0. The Labute approximate surface area is 95.8 Å². The normalized spacial score (nSPS) is 16.4. The van der Waals surface area contributed by atoms with E-state index in [9.17, 15) is 0 Å². The van der Waals surface area contributed by atoms with Crippen molar-refractivity contribution in [1.82, 2.24) is 5.32 Å². The molecule has 0 saturated heterocycles. The molecule has 92 valence electrons. The first-order chi connectivity index (χ1) is 6.96. The monoisotopic (exact) mass is 215 g/mol. The lowest BCUT2D eigenvalue weighted by Crippen LogP contribution is -2.41. The Balaban J connectivity index is 4.25. The second-order valence-electron chi connectivity index (χ2n) is 5.10. The standard InChI is InChI=1S/C13H29NO/c1-7-9-11(3)12(14-8-2)10-13(4,5)15-6/h11-12,14H,7-10H2,1-6H3. The van der Waals surface area contributed by atoms with Gasteiger partial charge in [-0.2, -0.15) is 0 Å². The fraction of sp³-hybridized carbons (Fsp3) is 1.00. The van der Waals surface area contributed by atoms with Gasteiger partial charge >= 0.3 is 0 Å². The van der Waals surface area contributed by atoms with Crippen molar-refractivity contribution in [1.29, 1.82) is 0 Å². The van der Waals surface area contributed by atoms with Gasteiger partial charge in [-0.3, -0.25) is 0 Å². The van der Waals surface area contributed by atoms with Crippen LogP contribution in [0.25, 0.3) is 0 Å². The summed E-state index contributed by atoms with van der Waals surface area (Å²) in [7, 11) is 1.80. The molecule has 1 N–H and O–H groups in total. The molecule has 0 spiro atoms. The van der Waals surface area contributed by atoms with Gasteiger partial charge in [-0.15, -0.1) is 0 Å². The summed E-state index contributed by atoms with van der Waals surface area (Å²) in [5, 5.41) is 3.58. The molecular formula is C13H29NO. The highest BCUT2D eigenvalue weighted by Crippen LogP contribution is 2.22. The van der Waals surface area contributed by atoms with Crippen LogP contribution in [0.4, 0.5) is 0 Å². The minimum absolute atomic E-state index is 0.0190. The van der Waals surface area contributed by atoms with E-state index in [2.05, 4.69) is 39.9 Å². The summed E-state index contributed by atoms with van der Waals surface area (Å²) in [4.78, 5) is 0. The first kappa shape index (κ1) is 14.9. The second-order valence-corrected chi connectivity index (χ2v) is 5.10. The van der Waals surface area contributed by atoms with Crippen molar-refractivity contribution in [3.05, 3.63) is 0 Å². The molecule has 0 aliphatic rings. The van der Waals surface area contributed by atoms with Gasteiger partial charge in [0.15, 0.2) is 0 Å². The Bertz CT molecular complexity index is 157. The van der Waals surface area contributed by atoms with Gasteiger partial charge in [-0.05, 0) is 39.2 Å². The van der Waals surface area contributed by atoms with Gasteiger partial charge in [-0.25, -0.2) is 0 Å². The van der Waals surface area contributed by atoms with Crippen molar-refractivity contribution in [3.8, 4) is 0 Å². The van der Waals surface area contributed by atoms with Gasteiger partial charge in [0.1, 0.15) is 0 Å². The van der Waals surface area contributed by atoms with E-state index in [1.54, 1.807) is 7.11 Å². The fourth-order valence-corrected chi connectivity index (χ4v) is 2.01. The van der Waals surface area contributed by atoms with Crippen LogP contribution in [0.3, 0.4) is 0 Å². The molecule has 0 radical (unpaired) electrons. The number of nitrogens with one attached hydrogen (secondary N) is 1. The largest absolute Gasteiger partial charge is 0.379 e. The highest BCUT2D eigenvalue weighted by molar-refractivity contribution is 4.81. The van der Waals surface area contributed by atoms with Gasteiger partial charge in [0, 0.05) is 13.2 Å². The quantitative estimate of drug-likeness (QED) is 0.671. The molecule has 2 heteroatoms. The van der Waals surface area contributed by atoms with E-state index >= 15 is 0 Å². The van der Waals surface area contributed by atoms with E-state index in [4.69, 9.17) is 4.74 Å². The number of methoxy groups -OCH3 is 1. The minimum Gasteiger partial charge on any atom is -0.379 e. The average molecular weight is 215 g/mol. The van der Waals surface area contributed by atoms with E-state index < -0.39 is 0 Å². The van der Waals surface area contributed by atoms with Crippen molar-refractivity contribution in [2.45, 2.75) is 65.5 Å². The van der Waals surface area contributed by atoms with E-state index in [0.29, 0.717) is 6.04 Å². The fourth-order valence-electron chi connectivity index (χ4n) is 2.01. The molecule has 0 aliphatic carbocycles. The topological polar surface area (TPSA) is 21.3 Å². The Morgan fingerprint density at radius 3 is 2.27 bits per heavy atom. The molecule has 0 heterocycles. The zero-order valence-corrected chi connectivity index (χ0v) is 11.4. The summed E-state index contributed by atoms with van der Waals surface area (Å²) in [6.07, 6.45) is 3.63. The van der Waals surface area contributed by atoms with Gasteiger partial charge in [-0.1, -0.05) is 27.2 Å². The third-order valence-corrected chi connectivity index (χ3v) is 3.16. The highest BCUT2D eigenvalue weighted by Gasteiger charge is 2.25. The molecule has 0 amide bonds. The predicted molar refractivity (Wildman–Crippen MR) is 67.2 cm³/mol. The molecule has 2 atom stereocenters. The number of ether oxygens (including phenoxy) is 1. The summed E-state index contributed by atoms with van der Waals surface area (Å²) in [6.45, 7) is 12.1. The SMILES string of the molecule is CCCC(C)C(CC(C)(C)OC)NCC. The van der Waals surface area contributed by atoms with Gasteiger partial charge in [0.2, 0.25) is 0 Å². The maximum Gasteiger partial charge on any atom is 0.0637 e. The van der Waals surface area contributed by atoms with Crippen molar-refractivity contribution in [3.63, 3.8) is 0 Å². The molecule has 0 saturated carbocycles. The van der Waals surface area contributed by atoms with Crippen LogP contribution in [0, 0.1) is 5.92 Å². The Kier molecular flexibility index (Phi) is 7.20. The van der Waals surface area contributed by atoms with Crippen LogP contribution in [0.5, 0.6) is 0 Å². The van der Waals surface area contributed by atoms with Crippen LogP contribution >= 0.6 is 0 Å². The van der Waals surface area contributed by atoms with Crippen molar-refractivity contribution in [2.75, 3.05) is 13.7 Å². The number of hydrogen-bond donors (Lipinski definition) is 1. The summed E-state index contributed by atoms with van der Waals surface area (Å²) < 4.78 is 5.50. The molecule has 15 heavy (non-hydrogen) atoms. The van der Waals surface area contributed by atoms with Crippen LogP contribution in [0.2, 0.25) is 0 Å². The summed E-state index contributed by atoms with van der Waals surface area (Å²) in [5.41, 5.74) is -0.0190. The predicted octanol–water partition coefficient (Wildman–Crippen LogP) is 3.22. The molecule has 0 aromatic heterocycles. The van der Waals surface area contributed by atoms with Crippen molar-refractivity contribution >= 4 is 0 Å². The van der Waals surface area contributed by atoms with Gasteiger partial charge in [0.05, 0.1) is 5.60 Å². The lowest BCUT2D eigenvalue weighted by molar-refractivity contribution is 0.00197. The van der Waals surface area contributed by atoms with Crippen LogP contribution in [-0.4, -0.2) is 25.3 Å². The third-order valence-electron chi connectivity index (χ3n) is 3.16. The lowest BCUT2D eigenvalue weighted by Gasteiger charge is -2.32. The van der Waals surface area contributed by atoms with E-state index in [1.807, 2.05) is 0 Å². The first-order valence-electron chi connectivity index (χ1n) is 6.25. The zero-order valence-electron chi connectivity index (χ0n) is 11.4. The molecule has 0 aromatic rings. The molecule has 0 bridgehead atoms. The zero-order chi connectivity index (χ0) is 11.9. The van der Waals surface area contributed by atoms with E-state index in [0.717, 1.165) is 18.9 Å². The van der Waals surface area contributed by atoms with E-state index in [1.165, 1.54) is 12.8 Å². The van der Waals surface area contributed by atoms with Crippen LogP contribution in [0.1, 0.15) is 53.9 Å². The molecule has 0 aliphatic heterocycles. The molecule has 2 nitrogen and oxygen atoms in total. The number of hydrogen-bond acceptors (Lipinski definition) is 2. The molecule has 0 aromatic carbocycles. The summed E-state index contributed by atoms with van der Waals surface area (Å²) in [6, 6.07) is 0.574. The Morgan fingerprint density at radius 2 is 1.87 bits per heavy atom. The Morgan fingerprint density at radius 1 is 1.27 bits per heavy atom. The first-order valence-corrected chi connectivity index (χ1v) is 6.25. The Hall–Kier alpha value is -0.0800. The van der Waals surface area contributed by atoms with Crippen LogP contribution < -0.4 is 5.32 Å². The number of rotatable bonds is 8. The molecule has 0 rings (SSSR count). The highest BCUT2D eigenvalue weighted by atomic mass is 16.5. The lowest BCUT2D eigenvalue weighted by atomic mass is 9.88. The molecule has 0 fully saturated rings. The van der Waals surface area contributed by atoms with Crippen LogP contribution in [-0.2, 0) is 4.74 Å². The second kappa shape index (κ2) is 7.24. The minimum atomic E-state index is -0.0190. The third kappa shape index (κ3) is 6.16. The maximum atomic E-state index is 5.50. The van der Waals surface area contributed by atoms with Crippen LogP contribution in [0.15, 0.2) is 0 Å². The average Bonchev–Trinajstić information content (AvgIpc) is 2.17. The van der Waals surface area contributed by atoms with Crippen molar-refractivity contribution in [2.24, 2.45) is 5.92 Å². The smallest absolute Gasteiger partial charge is 0.0637 e. The maximum absolute atomic E-state index is 5.50. The van der Waals surface area contributed by atoms with Crippen molar-refractivity contribution < 1.29 is 4.74 Å². The molecule has 2 unspecified atom stereocenters. The van der Waals surface area contributed by atoms with Gasteiger partial charge in [0.25, 0.3) is 0 Å². The van der Waals surface area contributed by atoms with E-state index in [-0.39, 0.29) is 5.60 Å². The van der Waals surface area contributed by atoms with Gasteiger partial charge < -0.3 is 10.1 Å². The summed E-state index contributed by atoms with van der Waals surface area (Å²) in [5.74, 6) is 0.726. The molecular weight excluding hydrogens is 186 g/mol.